The Labute approximate surface area is 138 Å². The number of carbonyl (C=O) groups excluding carboxylic acids is 1. The molecule has 0 aromatic heterocycles. The maximum Gasteiger partial charge on any atom is 0.260 e. The van der Waals surface area contributed by atoms with Crippen LogP contribution in [-0.4, -0.2) is 18.6 Å². The average Bonchev–Trinajstić information content (AvgIpc) is 2.53. The lowest BCUT2D eigenvalue weighted by Gasteiger charge is -2.15. The topological polar surface area (TPSA) is 38.3 Å². The van der Waals surface area contributed by atoms with Crippen molar-refractivity contribution >= 4 is 5.91 Å². The standard InChI is InChI=1S/C20H25NO2/c1-15-9-11-18(12-10-15)7-5-13-21-20(22)17(3)23-19-8-4-6-16(2)14-19/h4,6,8-12,14,17H,5,7,13H2,1-3H3,(H,21,22). The van der Waals surface area contributed by atoms with Crippen LogP contribution in [0.3, 0.4) is 0 Å². The van der Waals surface area contributed by atoms with E-state index in [2.05, 4.69) is 36.5 Å². The molecule has 0 saturated heterocycles. The molecule has 3 nitrogen and oxygen atoms in total. The first-order valence-electron chi connectivity index (χ1n) is 8.11. The number of amides is 1. The van der Waals surface area contributed by atoms with Crippen molar-refractivity contribution in [1.82, 2.24) is 5.32 Å². The highest BCUT2D eigenvalue weighted by atomic mass is 16.5. The molecule has 0 bridgehead atoms. The zero-order valence-electron chi connectivity index (χ0n) is 14.1. The molecule has 122 valence electrons. The third-order valence-corrected chi connectivity index (χ3v) is 3.73. The molecule has 0 aliphatic heterocycles. The molecule has 0 fully saturated rings. The Kier molecular flexibility index (Phi) is 6.21. The normalized spacial score (nSPS) is 11.8. The van der Waals surface area contributed by atoms with E-state index in [1.54, 1.807) is 6.92 Å². The van der Waals surface area contributed by atoms with Crippen LogP contribution in [0.2, 0.25) is 0 Å². The Morgan fingerprint density at radius 1 is 1.09 bits per heavy atom. The fourth-order valence-electron chi connectivity index (χ4n) is 2.35. The predicted octanol–water partition coefficient (Wildman–Crippen LogP) is 3.82. The van der Waals surface area contributed by atoms with E-state index in [-0.39, 0.29) is 5.91 Å². The molecule has 1 unspecified atom stereocenters. The van der Waals surface area contributed by atoms with Crippen LogP contribution in [0.1, 0.15) is 30.0 Å². The molecule has 0 aliphatic carbocycles. The number of aryl methyl sites for hydroxylation is 3. The van der Waals surface area contributed by atoms with Gasteiger partial charge in [0.1, 0.15) is 5.75 Å². The van der Waals surface area contributed by atoms with Crippen molar-refractivity contribution in [1.29, 1.82) is 0 Å². The maximum absolute atomic E-state index is 12.1. The Bertz CT molecular complexity index is 634. The van der Waals surface area contributed by atoms with E-state index in [0.29, 0.717) is 6.54 Å². The molecule has 1 amide bonds. The third-order valence-electron chi connectivity index (χ3n) is 3.73. The SMILES string of the molecule is Cc1ccc(CCCNC(=O)C(C)Oc2cccc(C)c2)cc1. The molecule has 0 saturated carbocycles. The average molecular weight is 311 g/mol. The zero-order valence-corrected chi connectivity index (χ0v) is 14.1. The van der Waals surface area contributed by atoms with Crippen LogP contribution in [0.5, 0.6) is 5.75 Å². The minimum Gasteiger partial charge on any atom is -0.481 e. The monoisotopic (exact) mass is 311 g/mol. The van der Waals surface area contributed by atoms with Crippen LogP contribution in [-0.2, 0) is 11.2 Å². The molecule has 1 N–H and O–H groups in total. The first-order chi connectivity index (χ1) is 11.0. The molecule has 0 radical (unpaired) electrons. The van der Waals surface area contributed by atoms with Crippen molar-refractivity contribution in [2.75, 3.05) is 6.54 Å². The van der Waals surface area contributed by atoms with Crippen molar-refractivity contribution < 1.29 is 9.53 Å². The minimum atomic E-state index is -0.490. The number of hydrogen-bond acceptors (Lipinski definition) is 2. The molecular weight excluding hydrogens is 286 g/mol. The Balaban J connectivity index is 1.70. The van der Waals surface area contributed by atoms with E-state index in [1.165, 1.54) is 11.1 Å². The van der Waals surface area contributed by atoms with Crippen LogP contribution < -0.4 is 10.1 Å². The summed E-state index contributed by atoms with van der Waals surface area (Å²) in [5, 5.41) is 2.93. The quantitative estimate of drug-likeness (QED) is 0.789. The zero-order chi connectivity index (χ0) is 16.7. The van der Waals surface area contributed by atoms with Gasteiger partial charge in [-0.15, -0.1) is 0 Å². The van der Waals surface area contributed by atoms with E-state index in [1.807, 2.05) is 31.2 Å². The number of ether oxygens (including phenoxy) is 1. The van der Waals surface area contributed by atoms with Gasteiger partial charge in [-0.3, -0.25) is 4.79 Å². The number of rotatable bonds is 7. The van der Waals surface area contributed by atoms with Gasteiger partial charge in [0.25, 0.3) is 5.91 Å². The van der Waals surface area contributed by atoms with Crippen LogP contribution >= 0.6 is 0 Å². The Morgan fingerprint density at radius 3 is 2.52 bits per heavy atom. The maximum atomic E-state index is 12.1. The van der Waals surface area contributed by atoms with Crippen LogP contribution in [0.4, 0.5) is 0 Å². The number of benzene rings is 2. The fourth-order valence-corrected chi connectivity index (χ4v) is 2.35. The van der Waals surface area contributed by atoms with E-state index >= 15 is 0 Å². The minimum absolute atomic E-state index is 0.0737. The van der Waals surface area contributed by atoms with Gasteiger partial charge in [-0.25, -0.2) is 0 Å². The summed E-state index contributed by atoms with van der Waals surface area (Å²) in [4.78, 5) is 12.1. The van der Waals surface area contributed by atoms with Crippen molar-refractivity contribution in [2.24, 2.45) is 0 Å². The molecule has 0 aliphatic rings. The number of hydrogen-bond donors (Lipinski definition) is 1. The smallest absolute Gasteiger partial charge is 0.260 e. The van der Waals surface area contributed by atoms with Crippen LogP contribution in [0.25, 0.3) is 0 Å². The fraction of sp³-hybridized carbons (Fsp3) is 0.350. The molecule has 2 aromatic rings. The molecule has 0 spiro atoms. The van der Waals surface area contributed by atoms with Gasteiger partial charge in [-0.05, 0) is 56.9 Å². The summed E-state index contributed by atoms with van der Waals surface area (Å²) in [6, 6.07) is 16.2. The van der Waals surface area contributed by atoms with Gasteiger partial charge in [-0.1, -0.05) is 42.0 Å². The molecular formula is C20H25NO2. The Morgan fingerprint density at radius 2 is 1.83 bits per heavy atom. The van der Waals surface area contributed by atoms with Gasteiger partial charge in [0.15, 0.2) is 6.10 Å². The second-order valence-corrected chi connectivity index (χ2v) is 5.96. The van der Waals surface area contributed by atoms with Crippen molar-refractivity contribution in [2.45, 2.75) is 39.7 Å². The van der Waals surface area contributed by atoms with Crippen molar-refractivity contribution in [3.05, 3.63) is 65.2 Å². The van der Waals surface area contributed by atoms with Crippen LogP contribution in [0, 0.1) is 13.8 Å². The summed E-state index contributed by atoms with van der Waals surface area (Å²) in [5.41, 5.74) is 3.69. The van der Waals surface area contributed by atoms with E-state index < -0.39 is 6.10 Å². The summed E-state index contributed by atoms with van der Waals surface area (Å²) in [7, 11) is 0. The highest BCUT2D eigenvalue weighted by Gasteiger charge is 2.13. The van der Waals surface area contributed by atoms with Gasteiger partial charge in [0.05, 0.1) is 0 Å². The largest absolute Gasteiger partial charge is 0.481 e. The van der Waals surface area contributed by atoms with Gasteiger partial charge in [0, 0.05) is 6.54 Å². The summed E-state index contributed by atoms with van der Waals surface area (Å²) in [5.74, 6) is 0.655. The highest BCUT2D eigenvalue weighted by Crippen LogP contribution is 2.14. The van der Waals surface area contributed by atoms with E-state index in [9.17, 15) is 4.79 Å². The summed E-state index contributed by atoms with van der Waals surface area (Å²) >= 11 is 0. The lowest BCUT2D eigenvalue weighted by molar-refractivity contribution is -0.127. The summed E-state index contributed by atoms with van der Waals surface area (Å²) < 4.78 is 5.67. The van der Waals surface area contributed by atoms with E-state index in [0.717, 1.165) is 24.2 Å². The van der Waals surface area contributed by atoms with Crippen molar-refractivity contribution in [3.8, 4) is 5.75 Å². The van der Waals surface area contributed by atoms with Gasteiger partial charge in [0.2, 0.25) is 0 Å². The lowest BCUT2D eigenvalue weighted by Crippen LogP contribution is -2.36. The predicted molar refractivity (Wildman–Crippen MR) is 93.8 cm³/mol. The molecule has 2 rings (SSSR count). The molecule has 1 atom stereocenters. The van der Waals surface area contributed by atoms with Gasteiger partial charge in [-0.2, -0.15) is 0 Å². The van der Waals surface area contributed by atoms with Crippen molar-refractivity contribution in [3.63, 3.8) is 0 Å². The number of carbonyl (C=O) groups is 1. The summed E-state index contributed by atoms with van der Waals surface area (Å²) in [6.45, 7) is 6.52. The first kappa shape index (κ1) is 17.1. The summed E-state index contributed by atoms with van der Waals surface area (Å²) in [6.07, 6.45) is 1.40. The molecule has 0 heterocycles. The molecule has 3 heteroatoms. The third kappa shape index (κ3) is 5.78. The second kappa shape index (κ2) is 8.37. The van der Waals surface area contributed by atoms with E-state index in [4.69, 9.17) is 4.74 Å². The molecule has 23 heavy (non-hydrogen) atoms. The van der Waals surface area contributed by atoms with Crippen LogP contribution in [0.15, 0.2) is 48.5 Å². The first-order valence-corrected chi connectivity index (χ1v) is 8.11. The highest BCUT2D eigenvalue weighted by molar-refractivity contribution is 5.80. The molecule has 2 aromatic carbocycles. The van der Waals surface area contributed by atoms with Gasteiger partial charge >= 0.3 is 0 Å². The lowest BCUT2D eigenvalue weighted by atomic mass is 10.1. The number of nitrogens with one attached hydrogen (secondary N) is 1. The Hall–Kier alpha value is -2.29. The van der Waals surface area contributed by atoms with Gasteiger partial charge < -0.3 is 10.1 Å². The second-order valence-electron chi connectivity index (χ2n) is 5.96.